The molecule has 3 aromatic rings. The average Bonchev–Trinajstić information content (AvgIpc) is 3.02. The van der Waals surface area contributed by atoms with Crippen LogP contribution in [0.1, 0.15) is 16.2 Å². The Labute approximate surface area is 149 Å². The van der Waals surface area contributed by atoms with Gasteiger partial charge in [0, 0.05) is 21.7 Å². The van der Waals surface area contributed by atoms with Crippen molar-refractivity contribution in [3.8, 4) is 5.82 Å². The van der Waals surface area contributed by atoms with Crippen molar-refractivity contribution in [3.63, 3.8) is 0 Å². The van der Waals surface area contributed by atoms with Gasteiger partial charge in [0.1, 0.15) is 6.33 Å². The Bertz CT molecular complexity index is 815. The van der Waals surface area contributed by atoms with E-state index >= 15 is 0 Å². The van der Waals surface area contributed by atoms with E-state index in [2.05, 4.69) is 52.2 Å². The standard InChI is InChI=1S/C15H11Br2N5O/c16-11-5-10(6-12(17)7-11)8-19-15(23)14-20-9-21-22(14)13-3-1-2-4-18-13/h1-7,9H,8H2,(H,19,23). The maximum atomic E-state index is 12.4. The number of nitrogens with zero attached hydrogens (tertiary/aromatic N) is 4. The molecule has 0 saturated carbocycles. The molecule has 23 heavy (non-hydrogen) atoms. The number of rotatable bonds is 4. The van der Waals surface area contributed by atoms with Gasteiger partial charge in [-0.2, -0.15) is 9.78 Å². The fourth-order valence-electron chi connectivity index (χ4n) is 2.02. The van der Waals surface area contributed by atoms with E-state index in [-0.39, 0.29) is 11.7 Å². The quantitative estimate of drug-likeness (QED) is 0.681. The third kappa shape index (κ3) is 3.83. The van der Waals surface area contributed by atoms with Crippen molar-refractivity contribution in [3.05, 3.63) is 69.3 Å². The summed E-state index contributed by atoms with van der Waals surface area (Å²) in [5.41, 5.74) is 0.962. The molecular formula is C15H11Br2N5O. The number of carbonyl (C=O) groups is 1. The lowest BCUT2D eigenvalue weighted by molar-refractivity contribution is 0.0938. The van der Waals surface area contributed by atoms with E-state index < -0.39 is 0 Å². The van der Waals surface area contributed by atoms with Crippen molar-refractivity contribution in [2.24, 2.45) is 0 Å². The topological polar surface area (TPSA) is 72.7 Å². The molecule has 116 valence electrons. The zero-order chi connectivity index (χ0) is 16.2. The lowest BCUT2D eigenvalue weighted by atomic mass is 10.2. The molecule has 0 aliphatic heterocycles. The highest BCUT2D eigenvalue weighted by atomic mass is 79.9. The van der Waals surface area contributed by atoms with E-state index in [0.29, 0.717) is 12.4 Å². The summed E-state index contributed by atoms with van der Waals surface area (Å²) in [4.78, 5) is 20.6. The van der Waals surface area contributed by atoms with E-state index in [9.17, 15) is 4.79 Å². The van der Waals surface area contributed by atoms with Gasteiger partial charge in [-0.05, 0) is 35.9 Å². The van der Waals surface area contributed by atoms with Gasteiger partial charge in [-0.3, -0.25) is 4.79 Å². The monoisotopic (exact) mass is 435 g/mol. The molecule has 0 spiro atoms. The smallest absolute Gasteiger partial charge is 0.289 e. The molecule has 0 radical (unpaired) electrons. The molecule has 0 aliphatic rings. The van der Waals surface area contributed by atoms with Crippen molar-refractivity contribution >= 4 is 37.8 Å². The molecule has 0 atom stereocenters. The Morgan fingerprint density at radius 2 is 1.91 bits per heavy atom. The second-order valence-electron chi connectivity index (χ2n) is 4.64. The van der Waals surface area contributed by atoms with Gasteiger partial charge in [-0.1, -0.05) is 37.9 Å². The molecule has 2 heterocycles. The van der Waals surface area contributed by atoms with Gasteiger partial charge < -0.3 is 5.32 Å². The predicted octanol–water partition coefficient (Wildman–Crippen LogP) is 3.12. The van der Waals surface area contributed by atoms with E-state index in [1.54, 1.807) is 18.3 Å². The van der Waals surface area contributed by atoms with Crippen LogP contribution in [0.25, 0.3) is 5.82 Å². The van der Waals surface area contributed by atoms with E-state index in [0.717, 1.165) is 14.5 Å². The number of halogens is 2. The van der Waals surface area contributed by atoms with Crippen LogP contribution in [0.4, 0.5) is 0 Å². The third-order valence-electron chi connectivity index (χ3n) is 2.99. The number of carbonyl (C=O) groups excluding carboxylic acids is 1. The third-order valence-corrected chi connectivity index (χ3v) is 3.91. The molecule has 1 amide bonds. The van der Waals surface area contributed by atoms with Gasteiger partial charge >= 0.3 is 0 Å². The van der Waals surface area contributed by atoms with Crippen LogP contribution in [0.5, 0.6) is 0 Å². The van der Waals surface area contributed by atoms with Crippen LogP contribution in [-0.2, 0) is 6.54 Å². The second kappa shape index (κ2) is 7.01. The number of amides is 1. The van der Waals surface area contributed by atoms with Crippen molar-refractivity contribution in [2.45, 2.75) is 6.54 Å². The minimum Gasteiger partial charge on any atom is -0.345 e. The Hall–Kier alpha value is -2.06. The average molecular weight is 437 g/mol. The molecule has 0 saturated heterocycles. The summed E-state index contributed by atoms with van der Waals surface area (Å²) < 4.78 is 3.28. The van der Waals surface area contributed by atoms with Crippen molar-refractivity contribution in [2.75, 3.05) is 0 Å². The van der Waals surface area contributed by atoms with Crippen LogP contribution >= 0.6 is 31.9 Å². The minimum absolute atomic E-state index is 0.192. The molecule has 1 N–H and O–H groups in total. The van der Waals surface area contributed by atoms with Crippen LogP contribution in [0, 0.1) is 0 Å². The van der Waals surface area contributed by atoms with Crippen LogP contribution in [0.2, 0.25) is 0 Å². The first-order valence-corrected chi connectivity index (χ1v) is 8.26. The summed E-state index contributed by atoms with van der Waals surface area (Å²) in [7, 11) is 0. The molecule has 6 nitrogen and oxygen atoms in total. The number of pyridine rings is 1. The maximum Gasteiger partial charge on any atom is 0.289 e. The minimum atomic E-state index is -0.316. The van der Waals surface area contributed by atoms with Gasteiger partial charge in [0.25, 0.3) is 5.91 Å². The molecule has 3 rings (SSSR count). The molecule has 0 aliphatic carbocycles. The summed E-state index contributed by atoms with van der Waals surface area (Å²) in [6.07, 6.45) is 2.97. The van der Waals surface area contributed by atoms with Gasteiger partial charge in [0.2, 0.25) is 5.82 Å². The summed E-state index contributed by atoms with van der Waals surface area (Å²) in [5, 5.41) is 6.89. The summed E-state index contributed by atoms with van der Waals surface area (Å²) in [6, 6.07) is 11.2. The highest BCUT2D eigenvalue weighted by Crippen LogP contribution is 2.20. The fraction of sp³-hybridized carbons (Fsp3) is 0.0667. The van der Waals surface area contributed by atoms with Crippen molar-refractivity contribution in [1.82, 2.24) is 25.1 Å². The number of benzene rings is 1. The first-order valence-electron chi connectivity index (χ1n) is 6.68. The molecule has 0 unspecified atom stereocenters. The van der Waals surface area contributed by atoms with Gasteiger partial charge in [-0.25, -0.2) is 9.97 Å². The summed E-state index contributed by atoms with van der Waals surface area (Å²) >= 11 is 6.85. The molecule has 8 heteroatoms. The fourth-order valence-corrected chi connectivity index (χ4v) is 3.41. The van der Waals surface area contributed by atoms with E-state index in [4.69, 9.17) is 0 Å². The Morgan fingerprint density at radius 3 is 2.61 bits per heavy atom. The van der Waals surface area contributed by atoms with Crippen LogP contribution in [-0.4, -0.2) is 25.7 Å². The summed E-state index contributed by atoms with van der Waals surface area (Å²) in [5.74, 6) is 0.419. The Balaban J connectivity index is 1.76. The van der Waals surface area contributed by atoms with Crippen LogP contribution in [0.15, 0.2) is 57.9 Å². The van der Waals surface area contributed by atoms with Gasteiger partial charge in [0.05, 0.1) is 0 Å². The van der Waals surface area contributed by atoms with Crippen molar-refractivity contribution in [1.29, 1.82) is 0 Å². The van der Waals surface area contributed by atoms with Crippen LogP contribution < -0.4 is 5.32 Å². The first-order chi connectivity index (χ1) is 11.1. The van der Waals surface area contributed by atoms with Gasteiger partial charge in [0.15, 0.2) is 5.82 Å². The van der Waals surface area contributed by atoms with Crippen molar-refractivity contribution < 1.29 is 4.79 Å². The normalized spacial score (nSPS) is 10.5. The number of hydrogen-bond acceptors (Lipinski definition) is 4. The largest absolute Gasteiger partial charge is 0.345 e. The molecule has 1 aromatic carbocycles. The highest BCUT2D eigenvalue weighted by Gasteiger charge is 2.15. The van der Waals surface area contributed by atoms with E-state index in [1.165, 1.54) is 11.0 Å². The Kier molecular flexibility index (Phi) is 4.82. The summed E-state index contributed by atoms with van der Waals surface area (Å²) in [6.45, 7) is 0.381. The van der Waals surface area contributed by atoms with Crippen LogP contribution in [0.3, 0.4) is 0 Å². The molecular weight excluding hydrogens is 426 g/mol. The highest BCUT2D eigenvalue weighted by molar-refractivity contribution is 9.11. The molecule has 0 fully saturated rings. The molecule has 0 bridgehead atoms. The molecule has 2 aromatic heterocycles. The number of nitrogens with one attached hydrogen (secondary N) is 1. The number of hydrogen-bond donors (Lipinski definition) is 1. The zero-order valence-electron chi connectivity index (χ0n) is 11.8. The lowest BCUT2D eigenvalue weighted by Gasteiger charge is -2.07. The van der Waals surface area contributed by atoms with E-state index in [1.807, 2.05) is 24.3 Å². The maximum absolute atomic E-state index is 12.4. The Morgan fingerprint density at radius 1 is 1.13 bits per heavy atom. The predicted molar refractivity (Wildman–Crippen MR) is 92.2 cm³/mol. The zero-order valence-corrected chi connectivity index (χ0v) is 15.0. The SMILES string of the molecule is O=C(NCc1cc(Br)cc(Br)c1)c1ncnn1-c1ccccn1. The first kappa shape index (κ1) is 15.8. The lowest BCUT2D eigenvalue weighted by Crippen LogP contribution is -2.26. The number of aromatic nitrogens is 4. The second-order valence-corrected chi connectivity index (χ2v) is 6.48. The van der Waals surface area contributed by atoms with Gasteiger partial charge in [-0.15, -0.1) is 0 Å².